The van der Waals surface area contributed by atoms with E-state index in [9.17, 15) is 0 Å². The maximum absolute atomic E-state index is 6.07. The van der Waals surface area contributed by atoms with Crippen molar-refractivity contribution in [2.45, 2.75) is 53.2 Å². The Morgan fingerprint density at radius 1 is 1.25 bits per heavy atom. The van der Waals surface area contributed by atoms with Crippen LogP contribution in [0, 0.1) is 5.41 Å². The van der Waals surface area contributed by atoms with Crippen molar-refractivity contribution in [1.29, 1.82) is 0 Å². The molecule has 0 aromatic rings. The number of hydrogen-bond acceptors (Lipinski definition) is 2. The molecule has 0 aliphatic rings. The first-order valence-electron chi connectivity index (χ1n) is 4.80. The van der Waals surface area contributed by atoms with E-state index >= 15 is 0 Å². The molecule has 0 radical (unpaired) electrons. The lowest BCUT2D eigenvalue weighted by atomic mass is 9.83. The summed E-state index contributed by atoms with van der Waals surface area (Å²) in [5.41, 5.74) is 6.20. The van der Waals surface area contributed by atoms with Gasteiger partial charge >= 0.3 is 0 Å². The topological polar surface area (TPSA) is 35.2 Å². The Balaban J connectivity index is 4.11. The Hall–Kier alpha value is -0.0800. The number of hydrogen-bond donors (Lipinski definition) is 1. The molecule has 2 nitrogen and oxygen atoms in total. The summed E-state index contributed by atoms with van der Waals surface area (Å²) in [6.07, 6.45) is 1.20. The lowest BCUT2D eigenvalue weighted by Crippen LogP contribution is -2.46. The minimum absolute atomic E-state index is 0.127. The molecule has 0 aliphatic carbocycles. The van der Waals surface area contributed by atoms with Crippen molar-refractivity contribution in [3.05, 3.63) is 0 Å². The van der Waals surface area contributed by atoms with Crippen molar-refractivity contribution in [1.82, 2.24) is 0 Å². The van der Waals surface area contributed by atoms with E-state index in [2.05, 4.69) is 27.7 Å². The van der Waals surface area contributed by atoms with Gasteiger partial charge in [0.1, 0.15) is 0 Å². The first-order valence-corrected chi connectivity index (χ1v) is 4.80. The molecule has 0 saturated carbocycles. The van der Waals surface area contributed by atoms with Crippen LogP contribution < -0.4 is 5.73 Å². The predicted octanol–water partition coefficient (Wildman–Crippen LogP) is 2.17. The second-order valence-electron chi connectivity index (χ2n) is 4.29. The smallest absolute Gasteiger partial charge is 0.0728 e. The third-order valence-corrected chi connectivity index (χ3v) is 2.18. The van der Waals surface area contributed by atoms with Gasteiger partial charge in [-0.2, -0.15) is 0 Å². The Morgan fingerprint density at radius 2 is 1.75 bits per heavy atom. The number of rotatable bonds is 4. The van der Waals surface area contributed by atoms with Crippen LogP contribution in [0.2, 0.25) is 0 Å². The molecule has 12 heavy (non-hydrogen) atoms. The largest absolute Gasteiger partial charge is 0.377 e. The van der Waals surface area contributed by atoms with Gasteiger partial charge in [0.2, 0.25) is 0 Å². The molecule has 0 fully saturated rings. The third kappa shape index (κ3) is 3.55. The lowest BCUT2D eigenvalue weighted by Gasteiger charge is -2.33. The van der Waals surface area contributed by atoms with Crippen LogP contribution in [-0.4, -0.2) is 18.8 Å². The van der Waals surface area contributed by atoms with Crippen LogP contribution in [0.3, 0.4) is 0 Å². The van der Waals surface area contributed by atoms with E-state index in [1.165, 1.54) is 0 Å². The van der Waals surface area contributed by atoms with Crippen LogP contribution in [0.5, 0.6) is 0 Å². The van der Waals surface area contributed by atoms with Gasteiger partial charge in [0.15, 0.2) is 0 Å². The lowest BCUT2D eigenvalue weighted by molar-refractivity contribution is 0.0137. The van der Waals surface area contributed by atoms with Crippen LogP contribution >= 0.6 is 0 Å². The SMILES string of the molecule is CCOC(CC)C(N)C(C)(C)C. The normalized spacial score (nSPS) is 17.5. The molecule has 2 atom stereocenters. The Morgan fingerprint density at radius 3 is 2.00 bits per heavy atom. The summed E-state index contributed by atoms with van der Waals surface area (Å²) in [4.78, 5) is 0. The highest BCUT2D eigenvalue weighted by molar-refractivity contribution is 4.83. The average Bonchev–Trinajstić information content (AvgIpc) is 1.97. The van der Waals surface area contributed by atoms with Crippen molar-refractivity contribution in [3.8, 4) is 0 Å². The zero-order valence-corrected chi connectivity index (χ0v) is 9.05. The van der Waals surface area contributed by atoms with Crippen molar-refractivity contribution < 1.29 is 4.74 Å². The van der Waals surface area contributed by atoms with Gasteiger partial charge in [0.05, 0.1) is 6.10 Å². The maximum Gasteiger partial charge on any atom is 0.0728 e. The van der Waals surface area contributed by atoms with E-state index in [4.69, 9.17) is 10.5 Å². The molecular formula is C10H23NO. The van der Waals surface area contributed by atoms with Crippen LogP contribution in [0.25, 0.3) is 0 Å². The maximum atomic E-state index is 6.07. The Kier molecular flexibility index (Phi) is 4.80. The minimum Gasteiger partial charge on any atom is -0.377 e. The van der Waals surface area contributed by atoms with Gasteiger partial charge in [0, 0.05) is 12.6 Å². The fraction of sp³-hybridized carbons (Fsp3) is 1.00. The quantitative estimate of drug-likeness (QED) is 0.707. The molecule has 2 unspecified atom stereocenters. The van der Waals surface area contributed by atoms with E-state index in [0.717, 1.165) is 13.0 Å². The van der Waals surface area contributed by atoms with Crippen LogP contribution in [-0.2, 0) is 4.74 Å². The van der Waals surface area contributed by atoms with Gasteiger partial charge in [-0.15, -0.1) is 0 Å². The van der Waals surface area contributed by atoms with Crippen LogP contribution in [0.15, 0.2) is 0 Å². The van der Waals surface area contributed by atoms with Crippen molar-refractivity contribution >= 4 is 0 Å². The van der Waals surface area contributed by atoms with Gasteiger partial charge in [-0.1, -0.05) is 27.7 Å². The molecule has 0 aromatic carbocycles. The van der Waals surface area contributed by atoms with E-state index in [1.54, 1.807) is 0 Å². The van der Waals surface area contributed by atoms with Gasteiger partial charge in [-0.25, -0.2) is 0 Å². The summed E-state index contributed by atoms with van der Waals surface area (Å²) < 4.78 is 5.55. The summed E-state index contributed by atoms with van der Waals surface area (Å²) in [6.45, 7) is 11.3. The highest BCUT2D eigenvalue weighted by Gasteiger charge is 2.27. The monoisotopic (exact) mass is 173 g/mol. The molecule has 0 saturated heterocycles. The molecule has 2 heteroatoms. The molecule has 0 aliphatic heterocycles. The first-order chi connectivity index (χ1) is 5.43. The van der Waals surface area contributed by atoms with Gasteiger partial charge in [-0.3, -0.25) is 0 Å². The molecule has 0 aromatic heterocycles. The van der Waals surface area contributed by atoms with Gasteiger partial charge in [-0.05, 0) is 18.8 Å². The van der Waals surface area contributed by atoms with Gasteiger partial charge in [0.25, 0.3) is 0 Å². The minimum atomic E-state index is 0.127. The zero-order chi connectivity index (χ0) is 9.78. The first kappa shape index (κ1) is 11.9. The summed E-state index contributed by atoms with van der Waals surface area (Å²) in [5.74, 6) is 0. The third-order valence-electron chi connectivity index (χ3n) is 2.18. The fourth-order valence-corrected chi connectivity index (χ4v) is 1.25. The molecule has 0 amide bonds. The molecule has 0 bridgehead atoms. The second kappa shape index (κ2) is 4.83. The zero-order valence-electron chi connectivity index (χ0n) is 9.05. The van der Waals surface area contributed by atoms with Crippen molar-refractivity contribution in [2.24, 2.45) is 11.1 Å². The highest BCUT2D eigenvalue weighted by atomic mass is 16.5. The standard InChI is InChI=1S/C10H23NO/c1-6-8(12-7-2)9(11)10(3,4)5/h8-9H,6-7,11H2,1-5H3. The van der Waals surface area contributed by atoms with Crippen LogP contribution in [0.1, 0.15) is 41.0 Å². The number of nitrogens with two attached hydrogens (primary N) is 1. The molecule has 0 heterocycles. The van der Waals surface area contributed by atoms with Crippen LogP contribution in [0.4, 0.5) is 0 Å². The molecular weight excluding hydrogens is 150 g/mol. The van der Waals surface area contributed by atoms with Crippen molar-refractivity contribution in [3.63, 3.8) is 0 Å². The van der Waals surface area contributed by atoms with Crippen molar-refractivity contribution in [2.75, 3.05) is 6.61 Å². The molecule has 0 rings (SSSR count). The number of ether oxygens (including phenoxy) is 1. The molecule has 0 spiro atoms. The highest BCUT2D eigenvalue weighted by Crippen LogP contribution is 2.22. The Labute approximate surface area is 76.5 Å². The van der Waals surface area contributed by atoms with E-state index in [0.29, 0.717) is 0 Å². The van der Waals surface area contributed by atoms with Gasteiger partial charge < -0.3 is 10.5 Å². The average molecular weight is 173 g/mol. The summed E-state index contributed by atoms with van der Waals surface area (Å²) in [5, 5.41) is 0. The summed E-state index contributed by atoms with van der Waals surface area (Å²) >= 11 is 0. The second-order valence-corrected chi connectivity index (χ2v) is 4.29. The predicted molar refractivity (Wildman–Crippen MR) is 53.1 cm³/mol. The Bertz CT molecular complexity index is 117. The molecule has 2 N–H and O–H groups in total. The summed E-state index contributed by atoms with van der Waals surface area (Å²) in [7, 11) is 0. The van der Waals surface area contributed by atoms with E-state index < -0.39 is 0 Å². The van der Waals surface area contributed by atoms with E-state index in [1.807, 2.05) is 6.92 Å². The van der Waals surface area contributed by atoms with E-state index in [-0.39, 0.29) is 17.6 Å². The fourth-order valence-electron chi connectivity index (χ4n) is 1.25. The summed E-state index contributed by atoms with van der Waals surface area (Å²) in [6, 6.07) is 0.127. The molecule has 74 valence electrons.